The Morgan fingerprint density at radius 3 is 2.21 bits per heavy atom. The van der Waals surface area contributed by atoms with E-state index in [9.17, 15) is 0 Å². The molecule has 0 unspecified atom stereocenters. The molecule has 3 heteroatoms. The van der Waals surface area contributed by atoms with Crippen LogP contribution in [0.1, 0.15) is 27.2 Å². The highest BCUT2D eigenvalue weighted by atomic mass is 127. The lowest BCUT2D eigenvalue weighted by molar-refractivity contribution is 0.292. The highest BCUT2D eigenvalue weighted by molar-refractivity contribution is 14.1. The van der Waals surface area contributed by atoms with Gasteiger partial charge in [0.25, 0.3) is 0 Å². The third-order valence-electron chi connectivity index (χ3n) is 2.91. The van der Waals surface area contributed by atoms with Gasteiger partial charge in [-0.1, -0.05) is 55.5 Å². The molecule has 0 amide bonds. The minimum Gasteiger partial charge on any atom is -0.417 e. The van der Waals surface area contributed by atoms with Crippen LogP contribution in [0.4, 0.5) is 0 Å². The lowest BCUT2D eigenvalue weighted by atomic mass is 10.2. The fourth-order valence-electron chi connectivity index (χ4n) is 0.734. The predicted molar refractivity (Wildman–Crippen MR) is 75.8 cm³/mol. The molecule has 0 saturated carbocycles. The molecular formula is C11H23IOSi. The molecule has 0 fully saturated rings. The topological polar surface area (TPSA) is 9.23 Å². The van der Waals surface area contributed by atoms with Gasteiger partial charge in [0, 0.05) is 11.0 Å². The molecule has 0 radical (unpaired) electrons. The Morgan fingerprint density at radius 2 is 1.86 bits per heavy atom. The summed E-state index contributed by atoms with van der Waals surface area (Å²) in [6.07, 6.45) is 1.01. The Hall–Kier alpha value is 0.647. The van der Waals surface area contributed by atoms with Gasteiger partial charge in [-0.2, -0.15) is 0 Å². The number of hydrogen-bond donors (Lipinski definition) is 0. The summed E-state index contributed by atoms with van der Waals surface area (Å²) in [5.74, 6) is 0. The molecule has 0 bridgehead atoms. The average Bonchev–Trinajstić information content (AvgIpc) is 2.01. The first-order valence-corrected chi connectivity index (χ1v) is 9.50. The Kier molecular flexibility index (Phi) is 5.92. The molecule has 0 spiro atoms. The maximum atomic E-state index is 6.04. The lowest BCUT2D eigenvalue weighted by Crippen LogP contribution is -2.41. The smallest absolute Gasteiger partial charge is 0.191 e. The summed E-state index contributed by atoms with van der Waals surface area (Å²) in [7, 11) is -1.53. The molecule has 0 heterocycles. The first-order valence-electron chi connectivity index (χ1n) is 5.07. The van der Waals surface area contributed by atoms with Gasteiger partial charge in [-0.25, -0.2) is 0 Å². The van der Waals surface area contributed by atoms with E-state index in [1.54, 1.807) is 0 Å². The third kappa shape index (κ3) is 4.93. The molecule has 0 saturated heterocycles. The van der Waals surface area contributed by atoms with E-state index in [2.05, 4.69) is 63.0 Å². The van der Waals surface area contributed by atoms with Gasteiger partial charge in [0.05, 0.1) is 0 Å². The number of halogens is 1. The zero-order valence-corrected chi connectivity index (χ0v) is 13.3. The van der Waals surface area contributed by atoms with Gasteiger partial charge in [0.2, 0.25) is 0 Å². The van der Waals surface area contributed by atoms with Gasteiger partial charge in [-0.3, -0.25) is 0 Å². The molecule has 14 heavy (non-hydrogen) atoms. The van der Waals surface area contributed by atoms with Crippen LogP contribution in [0, 0.1) is 0 Å². The van der Waals surface area contributed by atoms with E-state index < -0.39 is 8.32 Å². The summed E-state index contributed by atoms with van der Waals surface area (Å²) >= 11 is 2.35. The van der Waals surface area contributed by atoms with Crippen molar-refractivity contribution < 1.29 is 4.43 Å². The summed E-state index contributed by atoms with van der Waals surface area (Å²) in [5.41, 5.74) is 1.28. The van der Waals surface area contributed by atoms with Gasteiger partial charge in [0.1, 0.15) is 0 Å². The van der Waals surface area contributed by atoms with Crippen molar-refractivity contribution in [3.63, 3.8) is 0 Å². The van der Waals surface area contributed by atoms with Crippen LogP contribution in [0.2, 0.25) is 18.1 Å². The fraction of sp³-hybridized carbons (Fsp3) is 0.818. The van der Waals surface area contributed by atoms with Crippen molar-refractivity contribution in [2.24, 2.45) is 0 Å². The van der Waals surface area contributed by atoms with Gasteiger partial charge in [-0.15, -0.1) is 0 Å². The van der Waals surface area contributed by atoms with Crippen LogP contribution in [-0.2, 0) is 4.43 Å². The first-order chi connectivity index (χ1) is 6.20. The van der Waals surface area contributed by atoms with Crippen LogP contribution < -0.4 is 0 Å². The third-order valence-corrected chi connectivity index (χ3v) is 8.53. The molecule has 0 aromatic carbocycles. The van der Waals surface area contributed by atoms with Crippen molar-refractivity contribution in [2.75, 3.05) is 11.0 Å². The lowest BCUT2D eigenvalue weighted by Gasteiger charge is -2.36. The molecule has 0 aliphatic carbocycles. The van der Waals surface area contributed by atoms with Crippen molar-refractivity contribution in [1.82, 2.24) is 0 Å². The van der Waals surface area contributed by atoms with E-state index in [1.165, 1.54) is 5.57 Å². The molecule has 0 rings (SSSR count). The first kappa shape index (κ1) is 14.6. The molecule has 84 valence electrons. The highest BCUT2D eigenvalue weighted by Gasteiger charge is 2.36. The molecule has 0 aliphatic heterocycles. The molecule has 0 aliphatic rings. The Bertz CT molecular complexity index is 194. The minimum absolute atomic E-state index is 0.318. The summed E-state index contributed by atoms with van der Waals surface area (Å²) < 4.78 is 7.08. The monoisotopic (exact) mass is 326 g/mol. The van der Waals surface area contributed by atoms with Crippen LogP contribution >= 0.6 is 22.6 Å². The number of alkyl halides is 1. The van der Waals surface area contributed by atoms with Crippen LogP contribution in [-0.4, -0.2) is 19.4 Å². The molecule has 0 aromatic heterocycles. The van der Waals surface area contributed by atoms with E-state index >= 15 is 0 Å². The number of rotatable bonds is 5. The summed E-state index contributed by atoms with van der Waals surface area (Å²) in [5, 5.41) is 0.318. The summed E-state index contributed by atoms with van der Waals surface area (Å²) in [6, 6.07) is 0. The molecule has 0 atom stereocenters. The Labute approximate surface area is 104 Å². The zero-order valence-electron chi connectivity index (χ0n) is 10.1. The molecule has 1 nitrogen and oxygen atoms in total. The molecule has 0 aromatic rings. The van der Waals surface area contributed by atoms with Crippen LogP contribution in [0.5, 0.6) is 0 Å². The number of hydrogen-bond acceptors (Lipinski definition) is 1. The van der Waals surface area contributed by atoms with Gasteiger partial charge in [0.15, 0.2) is 8.32 Å². The second-order valence-corrected chi connectivity index (χ2v) is 10.8. The second-order valence-electron chi connectivity index (χ2n) is 5.24. The maximum Gasteiger partial charge on any atom is 0.191 e. The van der Waals surface area contributed by atoms with Crippen molar-refractivity contribution >= 4 is 30.9 Å². The van der Waals surface area contributed by atoms with E-state index in [4.69, 9.17) is 4.43 Å². The molecule has 0 N–H and O–H groups in total. The minimum atomic E-state index is -1.53. The van der Waals surface area contributed by atoms with E-state index in [0.29, 0.717) is 5.04 Å². The SMILES string of the molecule is C=C(CI)CCO[Si](C)(C)C(C)(C)C. The van der Waals surface area contributed by atoms with E-state index in [1.807, 2.05) is 0 Å². The highest BCUT2D eigenvalue weighted by Crippen LogP contribution is 2.36. The Morgan fingerprint density at radius 1 is 1.36 bits per heavy atom. The maximum absolute atomic E-state index is 6.04. The standard InChI is InChI=1S/C11H23IOSi/c1-10(9-12)7-8-13-14(5,6)11(2,3)4/h1,7-9H2,2-6H3. The van der Waals surface area contributed by atoms with Crippen molar-refractivity contribution in [1.29, 1.82) is 0 Å². The van der Waals surface area contributed by atoms with E-state index in [-0.39, 0.29) is 0 Å². The quantitative estimate of drug-likeness (QED) is 0.315. The fourth-order valence-corrected chi connectivity index (χ4v) is 2.16. The summed E-state index contributed by atoms with van der Waals surface area (Å²) in [6.45, 7) is 16.2. The van der Waals surface area contributed by atoms with Gasteiger partial charge < -0.3 is 4.43 Å². The van der Waals surface area contributed by atoms with Gasteiger partial charge in [-0.05, 0) is 24.6 Å². The normalized spacial score (nSPS) is 13.0. The van der Waals surface area contributed by atoms with Crippen LogP contribution in [0.15, 0.2) is 12.2 Å². The second kappa shape index (κ2) is 5.65. The zero-order chi connectivity index (χ0) is 11.4. The largest absolute Gasteiger partial charge is 0.417 e. The van der Waals surface area contributed by atoms with Crippen molar-refractivity contribution in [2.45, 2.75) is 45.3 Å². The predicted octanol–water partition coefficient (Wildman–Crippen LogP) is 4.39. The van der Waals surface area contributed by atoms with Gasteiger partial charge >= 0.3 is 0 Å². The van der Waals surface area contributed by atoms with Crippen LogP contribution in [0.3, 0.4) is 0 Å². The Balaban J connectivity index is 3.95. The van der Waals surface area contributed by atoms with E-state index in [0.717, 1.165) is 17.5 Å². The van der Waals surface area contributed by atoms with Crippen molar-refractivity contribution in [3.05, 3.63) is 12.2 Å². The van der Waals surface area contributed by atoms with Crippen LogP contribution in [0.25, 0.3) is 0 Å². The summed E-state index contributed by atoms with van der Waals surface area (Å²) in [4.78, 5) is 0. The van der Waals surface area contributed by atoms with Crippen molar-refractivity contribution in [3.8, 4) is 0 Å². The average molecular weight is 326 g/mol. The molecular weight excluding hydrogens is 303 g/mol.